The van der Waals surface area contributed by atoms with E-state index in [1.165, 1.54) is 12.1 Å². The van der Waals surface area contributed by atoms with Gasteiger partial charge in [-0.3, -0.25) is 0 Å². The molecule has 2 rings (SSSR count). The number of rotatable bonds is 5. The Balaban J connectivity index is 1.73. The first-order chi connectivity index (χ1) is 10.5. The number of hydrogen-bond donors (Lipinski definition) is 2. The summed E-state index contributed by atoms with van der Waals surface area (Å²) in [6.45, 7) is 5.15. The summed E-state index contributed by atoms with van der Waals surface area (Å²) in [5, 5.41) is 12.4. The molecule has 1 fully saturated rings. The lowest BCUT2D eigenvalue weighted by atomic mass is 10.0. The Morgan fingerprint density at radius 1 is 1.45 bits per heavy atom. The number of urea groups is 1. The van der Waals surface area contributed by atoms with Gasteiger partial charge in [-0.15, -0.1) is 0 Å². The normalized spacial score (nSPS) is 20.5. The fraction of sp³-hybridized carbons (Fsp3) is 0.562. The van der Waals surface area contributed by atoms with Crippen LogP contribution >= 0.6 is 0 Å². The Bertz CT molecular complexity index is 493. The Morgan fingerprint density at radius 2 is 2.14 bits per heavy atom. The number of benzene rings is 1. The Morgan fingerprint density at radius 3 is 2.73 bits per heavy atom. The number of halogens is 1. The largest absolute Gasteiger partial charge is 0.491 e. The van der Waals surface area contributed by atoms with Gasteiger partial charge in [0.2, 0.25) is 0 Å². The molecule has 1 aliphatic heterocycles. The average molecular weight is 310 g/mol. The maximum absolute atomic E-state index is 12.8. The zero-order chi connectivity index (χ0) is 16.1. The van der Waals surface area contributed by atoms with Crippen LogP contribution in [0.4, 0.5) is 9.18 Å². The molecule has 122 valence electrons. The zero-order valence-corrected chi connectivity index (χ0v) is 13.0. The molecule has 0 unspecified atom stereocenters. The van der Waals surface area contributed by atoms with E-state index in [1.54, 1.807) is 24.0 Å². The van der Waals surface area contributed by atoms with Gasteiger partial charge in [0.15, 0.2) is 0 Å². The van der Waals surface area contributed by atoms with Crippen LogP contribution in [-0.2, 0) is 0 Å². The number of nitrogens with zero attached hydrogens (tertiary/aromatic N) is 1. The van der Waals surface area contributed by atoms with Gasteiger partial charge in [0.05, 0.1) is 12.1 Å². The summed E-state index contributed by atoms with van der Waals surface area (Å²) >= 11 is 0. The second kappa shape index (κ2) is 7.45. The van der Waals surface area contributed by atoms with E-state index in [-0.39, 0.29) is 23.8 Å². The van der Waals surface area contributed by atoms with Gasteiger partial charge in [0, 0.05) is 19.0 Å². The van der Waals surface area contributed by atoms with Crippen molar-refractivity contribution in [3.63, 3.8) is 0 Å². The summed E-state index contributed by atoms with van der Waals surface area (Å²) in [5.74, 6) is 0.407. The third-order valence-corrected chi connectivity index (χ3v) is 3.88. The number of nitrogens with one attached hydrogen (secondary N) is 1. The van der Waals surface area contributed by atoms with Crippen molar-refractivity contribution < 1.29 is 19.0 Å². The summed E-state index contributed by atoms with van der Waals surface area (Å²) in [5.41, 5.74) is 0. The lowest BCUT2D eigenvalue weighted by Gasteiger charge is -2.21. The molecule has 22 heavy (non-hydrogen) atoms. The van der Waals surface area contributed by atoms with Gasteiger partial charge in [0.1, 0.15) is 18.2 Å². The van der Waals surface area contributed by atoms with Crippen molar-refractivity contribution in [2.45, 2.75) is 32.4 Å². The minimum Gasteiger partial charge on any atom is -0.491 e. The van der Waals surface area contributed by atoms with Gasteiger partial charge in [-0.05, 0) is 44.5 Å². The van der Waals surface area contributed by atoms with Gasteiger partial charge in [-0.25, -0.2) is 9.18 Å². The van der Waals surface area contributed by atoms with Crippen LogP contribution in [0.15, 0.2) is 24.3 Å². The molecule has 0 bridgehead atoms. The molecule has 0 aliphatic carbocycles. The van der Waals surface area contributed by atoms with E-state index in [1.807, 2.05) is 6.92 Å². The molecular formula is C16H23FN2O3. The fourth-order valence-corrected chi connectivity index (χ4v) is 2.46. The molecule has 2 N–H and O–H groups in total. The molecule has 5 nitrogen and oxygen atoms in total. The molecule has 1 aliphatic rings. The Labute approximate surface area is 130 Å². The Hall–Kier alpha value is -1.82. The van der Waals surface area contributed by atoms with E-state index in [0.29, 0.717) is 25.4 Å². The zero-order valence-electron chi connectivity index (χ0n) is 13.0. The van der Waals surface area contributed by atoms with Crippen molar-refractivity contribution in [1.29, 1.82) is 0 Å². The van der Waals surface area contributed by atoms with Crippen molar-refractivity contribution >= 4 is 6.03 Å². The minimum absolute atomic E-state index is 0.140. The van der Waals surface area contributed by atoms with Crippen LogP contribution in [0.5, 0.6) is 5.75 Å². The smallest absolute Gasteiger partial charge is 0.317 e. The molecule has 1 aromatic carbocycles. The summed E-state index contributed by atoms with van der Waals surface area (Å²) in [6.07, 6.45) is 0.433. The highest BCUT2D eigenvalue weighted by Gasteiger charge is 2.29. The van der Waals surface area contributed by atoms with Crippen LogP contribution < -0.4 is 10.1 Å². The number of aliphatic hydroxyl groups excluding tert-OH is 1. The molecule has 1 saturated heterocycles. The molecule has 6 heteroatoms. The van der Waals surface area contributed by atoms with Crippen molar-refractivity contribution in [3.8, 4) is 5.75 Å². The highest BCUT2D eigenvalue weighted by atomic mass is 19.1. The van der Waals surface area contributed by atoms with Gasteiger partial charge in [-0.1, -0.05) is 0 Å². The van der Waals surface area contributed by atoms with E-state index in [4.69, 9.17) is 4.74 Å². The summed E-state index contributed by atoms with van der Waals surface area (Å²) in [7, 11) is 0. The van der Waals surface area contributed by atoms with Crippen molar-refractivity contribution in [2.75, 3.05) is 19.7 Å². The van der Waals surface area contributed by atoms with Crippen LogP contribution in [0.2, 0.25) is 0 Å². The van der Waals surface area contributed by atoms with Gasteiger partial charge in [-0.2, -0.15) is 0 Å². The predicted octanol–water partition coefficient (Wildman–Crippen LogP) is 2.01. The third-order valence-electron chi connectivity index (χ3n) is 3.88. The molecular weight excluding hydrogens is 287 g/mol. The number of aliphatic hydroxyl groups is 1. The van der Waals surface area contributed by atoms with Crippen LogP contribution in [0.25, 0.3) is 0 Å². The van der Waals surface area contributed by atoms with E-state index in [2.05, 4.69) is 5.32 Å². The first kappa shape index (κ1) is 16.5. The third kappa shape index (κ3) is 4.59. The first-order valence-corrected chi connectivity index (χ1v) is 7.57. The molecule has 2 amide bonds. The molecule has 3 atom stereocenters. The van der Waals surface area contributed by atoms with Crippen LogP contribution in [0, 0.1) is 11.7 Å². The maximum Gasteiger partial charge on any atom is 0.317 e. The standard InChI is InChI=1S/C16H23FN2O3/c1-11(10-22-15-5-3-14(17)4-6-15)18-16(21)19-8-7-13(9-19)12(2)20/h3-6,11-13,20H,7-10H2,1-2H3,(H,18,21)/t11-,12-,13-/m1/s1. The number of likely N-dealkylation sites (tertiary alicyclic amines) is 1. The molecule has 0 saturated carbocycles. The monoisotopic (exact) mass is 310 g/mol. The predicted molar refractivity (Wildman–Crippen MR) is 81.2 cm³/mol. The van der Waals surface area contributed by atoms with Crippen LogP contribution in [-0.4, -0.2) is 47.9 Å². The summed E-state index contributed by atoms with van der Waals surface area (Å²) in [4.78, 5) is 13.8. The fourth-order valence-electron chi connectivity index (χ4n) is 2.46. The van der Waals surface area contributed by atoms with E-state index < -0.39 is 6.10 Å². The SMILES string of the molecule is C[C@H](COc1ccc(F)cc1)NC(=O)N1CC[C@@H]([C@@H](C)O)C1. The second-order valence-corrected chi connectivity index (χ2v) is 5.85. The van der Waals surface area contributed by atoms with Gasteiger partial charge in [0.25, 0.3) is 0 Å². The average Bonchev–Trinajstić information content (AvgIpc) is 2.97. The number of amides is 2. The highest BCUT2D eigenvalue weighted by molar-refractivity contribution is 5.74. The molecule has 0 spiro atoms. The van der Waals surface area contributed by atoms with Crippen LogP contribution in [0.1, 0.15) is 20.3 Å². The molecule has 1 heterocycles. The summed E-state index contributed by atoms with van der Waals surface area (Å²) < 4.78 is 18.3. The van der Waals surface area contributed by atoms with E-state index in [0.717, 1.165) is 6.42 Å². The maximum atomic E-state index is 12.8. The van der Waals surface area contributed by atoms with Gasteiger partial charge < -0.3 is 20.1 Å². The van der Waals surface area contributed by atoms with Crippen LogP contribution in [0.3, 0.4) is 0 Å². The number of hydrogen-bond acceptors (Lipinski definition) is 3. The lowest BCUT2D eigenvalue weighted by Crippen LogP contribution is -2.45. The molecule has 1 aromatic rings. The highest BCUT2D eigenvalue weighted by Crippen LogP contribution is 2.19. The minimum atomic E-state index is -0.392. The lowest BCUT2D eigenvalue weighted by molar-refractivity contribution is 0.128. The number of carbonyl (C=O) groups excluding carboxylic acids is 1. The first-order valence-electron chi connectivity index (χ1n) is 7.57. The second-order valence-electron chi connectivity index (χ2n) is 5.85. The number of ether oxygens (including phenoxy) is 1. The van der Waals surface area contributed by atoms with Crippen molar-refractivity contribution in [3.05, 3.63) is 30.1 Å². The van der Waals surface area contributed by atoms with E-state index >= 15 is 0 Å². The topological polar surface area (TPSA) is 61.8 Å². The van der Waals surface area contributed by atoms with Gasteiger partial charge >= 0.3 is 6.03 Å². The number of carbonyl (C=O) groups is 1. The van der Waals surface area contributed by atoms with Crippen molar-refractivity contribution in [1.82, 2.24) is 10.2 Å². The van der Waals surface area contributed by atoms with Crippen molar-refractivity contribution in [2.24, 2.45) is 5.92 Å². The molecule has 0 radical (unpaired) electrons. The van der Waals surface area contributed by atoms with E-state index in [9.17, 15) is 14.3 Å². The quantitative estimate of drug-likeness (QED) is 0.874. The Kier molecular flexibility index (Phi) is 5.60. The molecule has 0 aromatic heterocycles. The summed E-state index contributed by atoms with van der Waals surface area (Å²) in [6, 6.07) is 5.47.